The zero-order valence-corrected chi connectivity index (χ0v) is 12.4. The van der Waals surface area contributed by atoms with E-state index in [1.807, 2.05) is 6.92 Å². The quantitative estimate of drug-likeness (QED) is 0.445. The molecule has 0 amide bonds. The molecule has 0 aliphatic carbocycles. The smallest absolute Gasteiger partial charge is 0.179 e. The molecule has 0 bridgehead atoms. The first-order valence-corrected chi connectivity index (χ1v) is 9.63. The highest BCUT2D eigenvalue weighted by Gasteiger charge is 2.12. The van der Waals surface area contributed by atoms with E-state index in [-0.39, 0.29) is 5.78 Å². The van der Waals surface area contributed by atoms with E-state index < -0.39 is 8.07 Å². The van der Waals surface area contributed by atoms with Crippen LogP contribution in [0, 0.1) is 6.92 Å². The molecule has 0 atom stereocenters. The number of carbonyl (C=O) groups is 1. The van der Waals surface area contributed by atoms with Crippen molar-refractivity contribution in [3.05, 3.63) is 17.5 Å². The summed E-state index contributed by atoms with van der Waals surface area (Å²) in [6, 6.07) is 2.94. The summed E-state index contributed by atoms with van der Waals surface area (Å²) in [5, 5.41) is 4.20. The Kier molecular flexibility index (Phi) is 4.65. The second-order valence-corrected chi connectivity index (χ2v) is 11.2. The van der Waals surface area contributed by atoms with Gasteiger partial charge in [-0.2, -0.15) is 5.10 Å². The van der Waals surface area contributed by atoms with Crippen molar-refractivity contribution in [3.8, 4) is 0 Å². The maximum absolute atomic E-state index is 11.2. The number of Topliss-reactive ketones (excluding diaryl/α,β-unsaturated/α-hetero) is 1. The molecule has 5 heteroatoms. The molecule has 0 unspecified atom stereocenters. The minimum absolute atomic E-state index is 0.00560. The Hall–Kier alpha value is -0.943. The van der Waals surface area contributed by atoms with Crippen LogP contribution in [0.5, 0.6) is 0 Å². The molecular formula is C12H22N2O2Si. The maximum atomic E-state index is 11.2. The van der Waals surface area contributed by atoms with Crippen molar-refractivity contribution in [2.75, 3.05) is 6.61 Å². The Morgan fingerprint density at radius 1 is 1.47 bits per heavy atom. The molecule has 0 saturated carbocycles. The van der Waals surface area contributed by atoms with Crippen molar-refractivity contribution in [3.63, 3.8) is 0 Å². The molecule has 1 aromatic heterocycles. The van der Waals surface area contributed by atoms with Gasteiger partial charge in [-0.15, -0.1) is 0 Å². The summed E-state index contributed by atoms with van der Waals surface area (Å²) in [7, 11) is -1.03. The lowest BCUT2D eigenvalue weighted by Gasteiger charge is -2.15. The Labute approximate surface area is 104 Å². The Morgan fingerprint density at radius 2 is 2.12 bits per heavy atom. The monoisotopic (exact) mass is 254 g/mol. The van der Waals surface area contributed by atoms with Gasteiger partial charge in [-0.25, -0.2) is 4.68 Å². The molecule has 1 aromatic rings. The number of nitrogens with zero attached hydrogens (tertiary/aromatic N) is 2. The molecular weight excluding hydrogens is 232 g/mol. The van der Waals surface area contributed by atoms with Gasteiger partial charge < -0.3 is 4.74 Å². The van der Waals surface area contributed by atoms with E-state index in [2.05, 4.69) is 24.7 Å². The average molecular weight is 254 g/mol. The molecule has 0 fully saturated rings. The number of carbonyl (C=O) groups excluding carboxylic acids is 1. The summed E-state index contributed by atoms with van der Waals surface area (Å²) >= 11 is 0. The fourth-order valence-electron chi connectivity index (χ4n) is 1.34. The van der Waals surface area contributed by atoms with Gasteiger partial charge in [0.25, 0.3) is 0 Å². The highest BCUT2D eigenvalue weighted by molar-refractivity contribution is 6.76. The van der Waals surface area contributed by atoms with Crippen LogP contribution in [-0.2, 0) is 11.5 Å². The molecule has 0 aliphatic heterocycles. The van der Waals surface area contributed by atoms with Crippen LogP contribution >= 0.6 is 0 Å². The predicted molar refractivity (Wildman–Crippen MR) is 71.1 cm³/mol. The van der Waals surface area contributed by atoms with Crippen LogP contribution in [0.3, 0.4) is 0 Å². The van der Waals surface area contributed by atoms with E-state index in [4.69, 9.17) is 4.74 Å². The first kappa shape index (κ1) is 14.1. The summed E-state index contributed by atoms with van der Waals surface area (Å²) < 4.78 is 7.33. The third kappa shape index (κ3) is 4.83. The van der Waals surface area contributed by atoms with Crippen LogP contribution in [0.4, 0.5) is 0 Å². The molecule has 0 spiro atoms. The van der Waals surface area contributed by atoms with Gasteiger partial charge in [0.15, 0.2) is 5.78 Å². The Morgan fingerprint density at radius 3 is 2.59 bits per heavy atom. The second kappa shape index (κ2) is 5.60. The Balaban J connectivity index is 2.44. The second-order valence-electron chi connectivity index (χ2n) is 5.57. The Bertz CT molecular complexity index is 394. The molecule has 96 valence electrons. The number of ether oxygens (including phenoxy) is 1. The lowest BCUT2D eigenvalue weighted by Crippen LogP contribution is -2.22. The molecule has 17 heavy (non-hydrogen) atoms. The summed E-state index contributed by atoms with van der Waals surface area (Å²) in [5.74, 6) is -0.00560. The summed E-state index contributed by atoms with van der Waals surface area (Å²) in [4.78, 5) is 11.2. The van der Waals surface area contributed by atoms with E-state index in [1.165, 1.54) is 6.92 Å². The molecule has 0 aromatic carbocycles. The van der Waals surface area contributed by atoms with Crippen molar-refractivity contribution in [1.82, 2.24) is 9.78 Å². The normalized spacial score (nSPS) is 11.8. The van der Waals surface area contributed by atoms with Crippen molar-refractivity contribution < 1.29 is 9.53 Å². The third-order valence-electron chi connectivity index (χ3n) is 2.55. The van der Waals surface area contributed by atoms with Crippen molar-refractivity contribution in [2.45, 2.75) is 46.3 Å². The molecule has 0 radical (unpaired) electrons. The molecule has 1 rings (SSSR count). The van der Waals surface area contributed by atoms with Gasteiger partial charge in [-0.3, -0.25) is 4.79 Å². The van der Waals surface area contributed by atoms with Crippen molar-refractivity contribution >= 4 is 13.9 Å². The SMILES string of the molecule is CC(=O)c1cc(C)n(COCC[Si](C)(C)C)n1. The van der Waals surface area contributed by atoms with E-state index >= 15 is 0 Å². The number of aryl methyl sites for hydroxylation is 1. The average Bonchev–Trinajstić information content (AvgIpc) is 2.54. The number of hydrogen-bond acceptors (Lipinski definition) is 3. The van der Waals surface area contributed by atoms with E-state index in [9.17, 15) is 4.79 Å². The predicted octanol–water partition coefficient (Wildman–Crippen LogP) is 2.71. The largest absolute Gasteiger partial charge is 0.360 e. The van der Waals surface area contributed by atoms with Crippen LogP contribution in [0.25, 0.3) is 0 Å². The number of rotatable bonds is 6. The van der Waals surface area contributed by atoms with Crippen LogP contribution in [0.2, 0.25) is 25.7 Å². The lowest BCUT2D eigenvalue weighted by molar-refractivity contribution is 0.0765. The minimum atomic E-state index is -1.03. The first-order valence-electron chi connectivity index (χ1n) is 5.93. The lowest BCUT2D eigenvalue weighted by atomic mass is 10.3. The van der Waals surface area contributed by atoms with Crippen LogP contribution in [0.1, 0.15) is 23.1 Å². The fraction of sp³-hybridized carbons (Fsp3) is 0.667. The minimum Gasteiger partial charge on any atom is -0.360 e. The van der Waals surface area contributed by atoms with Gasteiger partial charge in [-0.1, -0.05) is 19.6 Å². The van der Waals surface area contributed by atoms with Crippen LogP contribution < -0.4 is 0 Å². The van der Waals surface area contributed by atoms with Gasteiger partial charge in [0, 0.05) is 27.3 Å². The summed E-state index contributed by atoms with van der Waals surface area (Å²) in [6.07, 6.45) is 0. The molecule has 0 aliphatic rings. The van der Waals surface area contributed by atoms with E-state index in [0.717, 1.165) is 18.3 Å². The van der Waals surface area contributed by atoms with Gasteiger partial charge in [0.05, 0.1) is 0 Å². The standard InChI is InChI=1S/C12H22N2O2Si/c1-10-8-12(11(2)15)13-14(10)9-16-6-7-17(3,4)5/h8H,6-7,9H2,1-5H3. The van der Waals surface area contributed by atoms with Gasteiger partial charge >= 0.3 is 0 Å². The summed E-state index contributed by atoms with van der Waals surface area (Å²) in [5.41, 5.74) is 1.47. The number of hydrogen-bond donors (Lipinski definition) is 0. The molecule has 4 nitrogen and oxygen atoms in total. The van der Waals surface area contributed by atoms with Crippen molar-refractivity contribution in [2.24, 2.45) is 0 Å². The number of aromatic nitrogens is 2. The third-order valence-corrected chi connectivity index (χ3v) is 4.26. The fourth-order valence-corrected chi connectivity index (χ4v) is 2.10. The number of ketones is 1. The first-order chi connectivity index (χ1) is 7.79. The zero-order chi connectivity index (χ0) is 13.1. The van der Waals surface area contributed by atoms with Crippen LogP contribution in [-0.4, -0.2) is 30.2 Å². The zero-order valence-electron chi connectivity index (χ0n) is 11.4. The molecule has 0 saturated heterocycles. The molecule has 1 heterocycles. The van der Waals surface area contributed by atoms with Crippen molar-refractivity contribution in [1.29, 1.82) is 0 Å². The van der Waals surface area contributed by atoms with Crippen LogP contribution in [0.15, 0.2) is 6.07 Å². The van der Waals surface area contributed by atoms with E-state index in [1.54, 1.807) is 10.7 Å². The molecule has 0 N–H and O–H groups in total. The van der Waals surface area contributed by atoms with Gasteiger partial charge in [0.2, 0.25) is 0 Å². The highest BCUT2D eigenvalue weighted by Crippen LogP contribution is 2.09. The van der Waals surface area contributed by atoms with E-state index in [0.29, 0.717) is 12.4 Å². The van der Waals surface area contributed by atoms with Gasteiger partial charge in [-0.05, 0) is 19.0 Å². The topological polar surface area (TPSA) is 44.1 Å². The maximum Gasteiger partial charge on any atom is 0.179 e. The highest BCUT2D eigenvalue weighted by atomic mass is 28.3. The summed E-state index contributed by atoms with van der Waals surface area (Å²) in [6.45, 7) is 11.6. The van der Waals surface area contributed by atoms with Gasteiger partial charge in [0.1, 0.15) is 12.4 Å².